The smallest absolute Gasteiger partial charge is 0.0654 e. The zero-order valence-electron chi connectivity index (χ0n) is 5.69. The molecule has 2 rings (SSSR count). The van der Waals surface area contributed by atoms with Gasteiger partial charge in [0.1, 0.15) is 0 Å². The number of hydrogen-bond donors (Lipinski definition) is 1. The van der Waals surface area contributed by atoms with Crippen molar-refractivity contribution in [3.05, 3.63) is 11.8 Å². The Morgan fingerprint density at radius 3 is 3.33 bits per heavy atom. The van der Waals surface area contributed by atoms with Crippen LogP contribution in [0.2, 0.25) is 0 Å². The van der Waals surface area contributed by atoms with Gasteiger partial charge in [0.25, 0.3) is 0 Å². The lowest BCUT2D eigenvalue weighted by Gasteiger charge is -1.97. The zero-order valence-corrected chi connectivity index (χ0v) is 5.69. The molecule has 1 saturated heterocycles. The minimum atomic E-state index is 0.797. The summed E-state index contributed by atoms with van der Waals surface area (Å²) in [6.45, 7) is 0. The average molecular weight is 123 g/mol. The van der Waals surface area contributed by atoms with E-state index in [2.05, 4.69) is 11.4 Å². The Hall–Kier alpha value is -0.460. The molecule has 0 aromatic heterocycles. The molecule has 0 aromatic rings. The fourth-order valence-corrected chi connectivity index (χ4v) is 1.52. The first kappa shape index (κ1) is 5.33. The van der Waals surface area contributed by atoms with Crippen LogP contribution >= 0.6 is 0 Å². The second-order valence-electron chi connectivity index (χ2n) is 2.99. The predicted molar refractivity (Wildman–Crippen MR) is 38.1 cm³/mol. The summed E-state index contributed by atoms with van der Waals surface area (Å²) in [4.78, 5) is 0. The first-order valence-corrected chi connectivity index (χ1v) is 3.93. The van der Waals surface area contributed by atoms with E-state index in [1.165, 1.54) is 37.8 Å². The van der Waals surface area contributed by atoms with Crippen molar-refractivity contribution < 1.29 is 0 Å². The van der Waals surface area contributed by atoms with Crippen LogP contribution in [0.4, 0.5) is 0 Å². The molecule has 0 radical (unpaired) electrons. The van der Waals surface area contributed by atoms with Gasteiger partial charge in [0.2, 0.25) is 0 Å². The van der Waals surface area contributed by atoms with Gasteiger partial charge in [-0.15, -0.1) is 0 Å². The van der Waals surface area contributed by atoms with Crippen LogP contribution in [0.5, 0.6) is 0 Å². The Labute approximate surface area is 56.1 Å². The van der Waals surface area contributed by atoms with Crippen molar-refractivity contribution in [2.75, 3.05) is 0 Å². The lowest BCUT2D eigenvalue weighted by Crippen LogP contribution is -1.90. The van der Waals surface area contributed by atoms with Crippen molar-refractivity contribution in [1.29, 1.82) is 0 Å². The number of hydrogen-bond acceptors (Lipinski definition) is 1. The third kappa shape index (κ3) is 1.09. The van der Waals surface area contributed by atoms with Gasteiger partial charge in [-0.3, -0.25) is 0 Å². The van der Waals surface area contributed by atoms with E-state index in [1.807, 2.05) is 0 Å². The molecule has 1 heterocycles. The van der Waals surface area contributed by atoms with Gasteiger partial charge in [0.05, 0.1) is 6.04 Å². The summed E-state index contributed by atoms with van der Waals surface area (Å²) >= 11 is 0. The van der Waals surface area contributed by atoms with E-state index >= 15 is 0 Å². The van der Waals surface area contributed by atoms with E-state index in [4.69, 9.17) is 0 Å². The maximum absolute atomic E-state index is 3.37. The summed E-state index contributed by atoms with van der Waals surface area (Å²) in [5.41, 5.74) is 1.52. The molecule has 1 fully saturated rings. The third-order valence-electron chi connectivity index (χ3n) is 2.19. The van der Waals surface area contributed by atoms with Gasteiger partial charge in [0, 0.05) is 5.70 Å². The normalized spacial score (nSPS) is 38.7. The van der Waals surface area contributed by atoms with Crippen LogP contribution in [0.25, 0.3) is 0 Å². The predicted octanol–water partition coefficient (Wildman–Crippen LogP) is 1.81. The SMILES string of the molecule is C1=C2/NC2CCCCC/1. The Bertz CT molecular complexity index is 138. The average Bonchev–Trinajstić information content (AvgIpc) is 2.46. The third-order valence-corrected chi connectivity index (χ3v) is 2.19. The number of fused-ring (bicyclic) bond motifs is 1. The van der Waals surface area contributed by atoms with E-state index in [0.717, 1.165) is 6.04 Å². The molecule has 0 saturated carbocycles. The van der Waals surface area contributed by atoms with Crippen molar-refractivity contribution in [2.45, 2.75) is 38.1 Å². The van der Waals surface area contributed by atoms with E-state index in [-0.39, 0.29) is 0 Å². The Balaban J connectivity index is 1.97. The molecular weight excluding hydrogens is 110 g/mol. The fourth-order valence-electron chi connectivity index (χ4n) is 1.52. The monoisotopic (exact) mass is 123 g/mol. The first-order valence-electron chi connectivity index (χ1n) is 3.93. The fraction of sp³-hybridized carbons (Fsp3) is 0.750. The van der Waals surface area contributed by atoms with Crippen molar-refractivity contribution >= 4 is 0 Å². The first-order chi connectivity index (χ1) is 4.47. The summed E-state index contributed by atoms with van der Waals surface area (Å²) in [7, 11) is 0. The summed E-state index contributed by atoms with van der Waals surface area (Å²) in [6.07, 6.45) is 9.31. The Morgan fingerprint density at radius 1 is 1.33 bits per heavy atom. The summed E-state index contributed by atoms with van der Waals surface area (Å²) < 4.78 is 0. The number of rotatable bonds is 0. The summed E-state index contributed by atoms with van der Waals surface area (Å²) in [6, 6.07) is 0.797. The molecule has 0 spiro atoms. The molecule has 9 heavy (non-hydrogen) atoms. The maximum atomic E-state index is 3.37. The molecule has 0 aromatic carbocycles. The second kappa shape index (κ2) is 2.05. The molecule has 1 heteroatoms. The van der Waals surface area contributed by atoms with Crippen LogP contribution in [-0.2, 0) is 0 Å². The van der Waals surface area contributed by atoms with E-state index in [0.29, 0.717) is 0 Å². The van der Waals surface area contributed by atoms with E-state index in [9.17, 15) is 0 Å². The highest BCUT2D eigenvalue weighted by Crippen LogP contribution is 2.25. The lowest BCUT2D eigenvalue weighted by molar-refractivity contribution is 0.635. The largest absolute Gasteiger partial charge is 0.379 e. The standard InChI is InChI=1S/C8H13N/c1-2-4-6-8-7(9-8)5-3-1/h5,8-9H,1-4,6H2/b7-5+. The van der Waals surface area contributed by atoms with Gasteiger partial charge in [-0.25, -0.2) is 0 Å². The highest BCUT2D eigenvalue weighted by atomic mass is 15.1. The van der Waals surface area contributed by atoms with Gasteiger partial charge >= 0.3 is 0 Å². The topological polar surface area (TPSA) is 21.9 Å². The molecule has 2 aliphatic rings. The van der Waals surface area contributed by atoms with Crippen LogP contribution in [0.3, 0.4) is 0 Å². The molecule has 1 atom stereocenters. The minimum absolute atomic E-state index is 0.797. The van der Waals surface area contributed by atoms with Gasteiger partial charge in [-0.1, -0.05) is 18.9 Å². The zero-order chi connectivity index (χ0) is 6.10. The van der Waals surface area contributed by atoms with Crippen LogP contribution in [0, 0.1) is 0 Å². The molecular formula is C8H13N. The lowest BCUT2D eigenvalue weighted by atomic mass is 10.1. The molecule has 1 nitrogen and oxygen atoms in total. The summed E-state index contributed by atoms with van der Waals surface area (Å²) in [5.74, 6) is 0. The molecule has 1 aliphatic carbocycles. The van der Waals surface area contributed by atoms with Gasteiger partial charge in [-0.05, 0) is 19.3 Å². The molecule has 50 valence electrons. The highest BCUT2D eigenvalue weighted by molar-refractivity contribution is 5.24. The van der Waals surface area contributed by atoms with Crippen LogP contribution < -0.4 is 5.32 Å². The second-order valence-corrected chi connectivity index (χ2v) is 2.99. The number of nitrogens with one attached hydrogen (secondary N) is 1. The van der Waals surface area contributed by atoms with Gasteiger partial charge in [-0.2, -0.15) is 0 Å². The van der Waals surface area contributed by atoms with Crippen molar-refractivity contribution in [3.63, 3.8) is 0 Å². The van der Waals surface area contributed by atoms with Crippen LogP contribution in [0.15, 0.2) is 11.8 Å². The van der Waals surface area contributed by atoms with Crippen LogP contribution in [-0.4, -0.2) is 6.04 Å². The number of allylic oxidation sites excluding steroid dienone is 1. The highest BCUT2D eigenvalue weighted by Gasteiger charge is 2.27. The summed E-state index contributed by atoms with van der Waals surface area (Å²) in [5, 5.41) is 3.37. The molecule has 1 N–H and O–H groups in total. The van der Waals surface area contributed by atoms with E-state index in [1.54, 1.807) is 0 Å². The Morgan fingerprint density at radius 2 is 2.33 bits per heavy atom. The van der Waals surface area contributed by atoms with Gasteiger partial charge < -0.3 is 5.32 Å². The van der Waals surface area contributed by atoms with Gasteiger partial charge in [0.15, 0.2) is 0 Å². The maximum Gasteiger partial charge on any atom is 0.0654 e. The van der Waals surface area contributed by atoms with E-state index < -0.39 is 0 Å². The molecule has 0 amide bonds. The molecule has 0 bridgehead atoms. The minimum Gasteiger partial charge on any atom is -0.379 e. The van der Waals surface area contributed by atoms with Crippen molar-refractivity contribution in [1.82, 2.24) is 5.32 Å². The van der Waals surface area contributed by atoms with Crippen molar-refractivity contribution in [3.8, 4) is 0 Å². The molecule has 1 aliphatic heterocycles. The molecule has 1 unspecified atom stereocenters. The quantitative estimate of drug-likeness (QED) is 0.487. The van der Waals surface area contributed by atoms with Crippen molar-refractivity contribution in [2.24, 2.45) is 0 Å². The van der Waals surface area contributed by atoms with Crippen LogP contribution in [0.1, 0.15) is 32.1 Å². The Kier molecular flexibility index (Phi) is 1.22.